The SMILES string of the molecule is [2H]B([3H])CS(=O)CC[C@H](O)C(C)(C)C#N.[2H]B([3H])CSOCC[C@H](OSCB([2H])[3H])C(C)(C)C#N. The molecule has 0 aliphatic carbocycles. The second kappa shape index (κ2) is 17.6. The van der Waals surface area contributed by atoms with Gasteiger partial charge < -0.3 is 13.5 Å². The number of aliphatic hydroxyl groups excluding tert-OH is 1. The van der Waals surface area contributed by atoms with Crippen LogP contribution in [0, 0.1) is 33.5 Å². The average molecular weight is 469 g/mol. The molecule has 0 saturated carbocycles. The minimum absolute atomic E-state index is 0.000295. The van der Waals surface area contributed by atoms with Gasteiger partial charge in [-0.15, -0.1) is 0 Å². The molecular weight excluding hydrogens is 425 g/mol. The van der Waals surface area contributed by atoms with Gasteiger partial charge in [-0.05, 0) is 83.2 Å². The first kappa shape index (κ1) is 20.8. The molecule has 0 bridgehead atoms. The van der Waals surface area contributed by atoms with Crippen LogP contribution in [0.4, 0.5) is 0 Å². The lowest BCUT2D eigenvalue weighted by molar-refractivity contribution is 0.0840. The molecule has 1 N–H and O–H groups in total. The summed E-state index contributed by atoms with van der Waals surface area (Å²) in [5.41, 5.74) is -1.02. The minimum atomic E-state index is -1.25. The van der Waals surface area contributed by atoms with Crippen molar-refractivity contribution in [2.45, 2.75) is 52.7 Å². The highest BCUT2D eigenvalue weighted by atomic mass is 32.2. The van der Waals surface area contributed by atoms with Crippen molar-refractivity contribution in [3.05, 3.63) is 0 Å². The Labute approximate surface area is 199 Å². The lowest BCUT2D eigenvalue weighted by Gasteiger charge is -2.26. The van der Waals surface area contributed by atoms with Crippen LogP contribution in [-0.4, -0.2) is 82.2 Å². The lowest BCUT2D eigenvalue weighted by atomic mass is 9.87. The molecule has 0 spiro atoms. The van der Waals surface area contributed by atoms with Crippen molar-refractivity contribution < 1.29 is 17.7 Å². The van der Waals surface area contributed by atoms with Crippen LogP contribution in [0.2, 0.25) is 0 Å². The van der Waals surface area contributed by atoms with Crippen molar-refractivity contribution in [3.63, 3.8) is 0 Å². The molecule has 3 atom stereocenters. The van der Waals surface area contributed by atoms with Gasteiger partial charge in [0.05, 0.1) is 41.8 Å². The highest BCUT2D eigenvalue weighted by Gasteiger charge is 2.30. The van der Waals surface area contributed by atoms with E-state index < -0.39 is 51.1 Å². The predicted molar refractivity (Wildman–Crippen MR) is 133 cm³/mol. The summed E-state index contributed by atoms with van der Waals surface area (Å²) in [4.78, 5) is 0. The second-order valence-corrected chi connectivity index (χ2v) is 10.2. The van der Waals surface area contributed by atoms with Gasteiger partial charge in [-0.25, -0.2) is 0 Å². The number of rotatable bonds is 17. The highest BCUT2D eigenvalue weighted by Crippen LogP contribution is 2.28. The molecule has 164 valence electrons. The zero-order chi connectivity index (χ0) is 27.7. The van der Waals surface area contributed by atoms with E-state index in [0.29, 0.717) is 13.0 Å². The molecule has 0 aromatic heterocycles. The number of hydrogen-bond donors (Lipinski definition) is 1. The predicted octanol–water partition coefficient (Wildman–Crippen LogP) is 0.432. The molecule has 0 amide bonds. The smallest absolute Gasteiger partial charge is 0.117 e. The standard InChI is InChI=1S/C9H19B2NO2S2.C8H16BNO2S/c1-9(2,5-12)8(14-16-7-11)3-4-13-15-6-10;1-8(2,5-10)7(11)3-4-13(12)6-9/h8H,3-4,6-7,10-11H2,1-2H3;7,11H,3-4,6,9H2,1-2H3/t8-;7-,13?/m00/s1/i10TD,11TD;9TD. The van der Waals surface area contributed by atoms with Crippen molar-refractivity contribution in [3.8, 4) is 12.1 Å². The number of nitrogens with zero attached hydrogens (tertiary/aromatic N) is 2. The van der Waals surface area contributed by atoms with Crippen LogP contribution in [0.5, 0.6) is 0 Å². The lowest BCUT2D eigenvalue weighted by Crippen LogP contribution is -2.30. The molecule has 0 aromatic rings. The zero-order valence-corrected chi connectivity index (χ0v) is 20.1. The highest BCUT2D eigenvalue weighted by molar-refractivity contribution is 7.95. The Morgan fingerprint density at radius 1 is 1.17 bits per heavy atom. The van der Waals surface area contributed by atoms with Crippen LogP contribution in [0.3, 0.4) is 0 Å². The van der Waals surface area contributed by atoms with Crippen LogP contribution in [0.25, 0.3) is 0 Å². The molecule has 0 aliphatic rings. The summed E-state index contributed by atoms with van der Waals surface area (Å²) >= 11 is 2.10. The van der Waals surface area contributed by atoms with Crippen molar-refractivity contribution in [2.24, 2.45) is 10.8 Å². The van der Waals surface area contributed by atoms with Gasteiger partial charge >= 0.3 is 0 Å². The van der Waals surface area contributed by atoms with E-state index in [9.17, 15) is 9.32 Å². The third-order valence-corrected chi connectivity index (χ3v) is 5.92. The van der Waals surface area contributed by atoms with Gasteiger partial charge in [0.15, 0.2) is 0 Å². The Bertz CT molecular complexity index is 688. The first-order valence-corrected chi connectivity index (χ1v) is 12.3. The fourth-order valence-electron chi connectivity index (χ4n) is 1.75. The quantitative estimate of drug-likeness (QED) is 0.186. The Morgan fingerprint density at radius 3 is 2.34 bits per heavy atom. The molecule has 29 heavy (non-hydrogen) atoms. The summed E-state index contributed by atoms with van der Waals surface area (Å²) in [5.74, 6) is 0.237. The van der Waals surface area contributed by atoms with Gasteiger partial charge in [-0.2, -0.15) is 10.5 Å². The Morgan fingerprint density at radius 2 is 1.79 bits per heavy atom. The van der Waals surface area contributed by atoms with Crippen LogP contribution < -0.4 is 0 Å². The molecule has 0 aliphatic heterocycles. The molecule has 1 unspecified atom stereocenters. The Balaban J connectivity index is 0. The maximum atomic E-state index is 11.3. The van der Waals surface area contributed by atoms with Crippen molar-refractivity contribution in [1.29, 1.82) is 18.5 Å². The van der Waals surface area contributed by atoms with Gasteiger partial charge in [-0.3, -0.25) is 4.21 Å². The van der Waals surface area contributed by atoms with Crippen LogP contribution in [-0.2, 0) is 19.2 Å². The summed E-state index contributed by atoms with van der Waals surface area (Å²) < 4.78 is 64.1. The first-order valence-electron chi connectivity index (χ1n) is 12.5. The molecular formula is C17H35B3N2O4S3. The maximum Gasteiger partial charge on any atom is 0.117 e. The fourth-order valence-corrected chi connectivity index (χ4v) is 3.29. The van der Waals surface area contributed by atoms with Crippen molar-refractivity contribution in [1.82, 2.24) is 0 Å². The van der Waals surface area contributed by atoms with Gasteiger partial charge in [-0.1, -0.05) is 0 Å². The number of nitriles is 2. The van der Waals surface area contributed by atoms with E-state index in [4.69, 9.17) is 26.9 Å². The van der Waals surface area contributed by atoms with Gasteiger partial charge in [0.25, 0.3) is 0 Å². The topological polar surface area (TPSA) is 103 Å². The van der Waals surface area contributed by atoms with Crippen LogP contribution >= 0.6 is 24.1 Å². The molecule has 12 heteroatoms. The zero-order valence-electron chi connectivity index (χ0n) is 23.6. The molecule has 0 radical (unpaired) electrons. The van der Waals surface area contributed by atoms with E-state index in [1.54, 1.807) is 27.7 Å². The van der Waals surface area contributed by atoms with Gasteiger partial charge in [0, 0.05) is 23.0 Å². The fraction of sp³-hybridized carbons (Fsp3) is 0.882. The molecule has 0 rings (SSSR count). The van der Waals surface area contributed by atoms with Crippen molar-refractivity contribution in [2.75, 3.05) is 29.3 Å². The normalized spacial score (nSPS) is 17.1. The Kier molecular flexibility index (Phi) is 12.6. The van der Waals surface area contributed by atoms with Crippen LogP contribution in [0.1, 0.15) is 40.5 Å². The molecule has 0 saturated heterocycles. The number of hydrogen-bond acceptors (Lipinski definition) is 8. The van der Waals surface area contributed by atoms with E-state index >= 15 is 0 Å². The van der Waals surface area contributed by atoms with E-state index in [0.717, 1.165) is 24.1 Å². The first-order chi connectivity index (χ1) is 16.1. The largest absolute Gasteiger partial charge is 0.391 e. The van der Waals surface area contributed by atoms with E-state index in [2.05, 4.69) is 6.07 Å². The summed E-state index contributed by atoms with van der Waals surface area (Å²) in [6.45, 7) is 7.15. The molecule has 0 heterocycles. The molecule has 6 nitrogen and oxygen atoms in total. The third kappa shape index (κ3) is 15.4. The van der Waals surface area contributed by atoms with E-state index in [-0.39, 0.29) is 35.2 Å². The number of aliphatic hydroxyl groups is 1. The van der Waals surface area contributed by atoms with Gasteiger partial charge in [0.1, 0.15) is 23.3 Å². The average Bonchev–Trinajstić information content (AvgIpc) is 2.75. The third-order valence-electron chi connectivity index (χ3n) is 3.89. The summed E-state index contributed by atoms with van der Waals surface area (Å²) in [7, 11) is -4.21. The summed E-state index contributed by atoms with van der Waals surface area (Å²) in [5, 5.41) is 27.5. The molecule has 0 fully saturated rings. The minimum Gasteiger partial charge on any atom is -0.391 e. The van der Waals surface area contributed by atoms with Gasteiger partial charge in [0.2, 0.25) is 0 Å². The summed E-state index contributed by atoms with van der Waals surface area (Å²) in [6.07, 6.45) is -0.414. The van der Waals surface area contributed by atoms with E-state index in [1.807, 2.05) is 6.07 Å². The molecule has 0 aromatic carbocycles. The summed E-state index contributed by atoms with van der Waals surface area (Å²) in [6, 6.07) is 4.17. The van der Waals surface area contributed by atoms with E-state index in [1.165, 1.54) is 0 Å². The Hall–Kier alpha value is -0.0952. The van der Waals surface area contributed by atoms with Crippen LogP contribution in [0.15, 0.2) is 0 Å². The monoisotopic (exact) mass is 469 g/mol. The second-order valence-electron chi connectivity index (χ2n) is 7.05. The van der Waals surface area contributed by atoms with Crippen molar-refractivity contribution >= 4 is 58.2 Å². The maximum absolute atomic E-state index is 11.3.